The topological polar surface area (TPSA) is 210 Å². The maximum absolute atomic E-state index is 12.6. The number of benzene rings is 2. The average molecular weight is 522 g/mol. The van der Waals surface area contributed by atoms with Crippen LogP contribution in [0.15, 0.2) is 47.4 Å². The molecule has 7 N–H and O–H groups in total. The summed E-state index contributed by atoms with van der Waals surface area (Å²) < 4.78 is 37.4. The van der Waals surface area contributed by atoms with E-state index in [0.717, 1.165) is 0 Å². The number of carbonyl (C=O) groups is 3. The number of aliphatic carboxylic acids is 1. The third-order valence-corrected chi connectivity index (χ3v) is 6.33. The highest BCUT2D eigenvalue weighted by Crippen LogP contribution is 2.29. The average Bonchev–Trinajstić information content (AvgIpc) is 2.85. The highest BCUT2D eigenvalue weighted by Gasteiger charge is 2.26. The van der Waals surface area contributed by atoms with Gasteiger partial charge in [-0.3, -0.25) is 19.8 Å². The zero-order valence-corrected chi connectivity index (χ0v) is 20.3. The largest absolute Gasteiger partial charge is 0.493 e. The summed E-state index contributed by atoms with van der Waals surface area (Å²) >= 11 is 0. The molecule has 0 aliphatic rings. The fourth-order valence-electron chi connectivity index (χ4n) is 2.92. The number of carboxylic acids is 1. The number of hydrogen-bond donors (Lipinski definition) is 6. The number of nitrogens with two attached hydrogens (primary N) is 1. The summed E-state index contributed by atoms with van der Waals surface area (Å²) in [5.41, 5.74) is 6.12. The van der Waals surface area contributed by atoms with Gasteiger partial charge in [-0.15, -0.1) is 0 Å². The SMILES string of the molecule is COc1ccc(S(=O)(=O)N[C@@H](CNC(=O)CCNC(=O)c2ccc(C(=N)N)cc2)C(=O)O)cc1OC. The van der Waals surface area contributed by atoms with Crippen molar-refractivity contribution in [1.82, 2.24) is 15.4 Å². The zero-order valence-electron chi connectivity index (χ0n) is 19.5. The van der Waals surface area contributed by atoms with Gasteiger partial charge in [0.15, 0.2) is 11.5 Å². The molecule has 194 valence electrons. The van der Waals surface area contributed by atoms with Crippen LogP contribution in [0.2, 0.25) is 0 Å². The zero-order chi connectivity index (χ0) is 26.9. The molecule has 0 aliphatic heterocycles. The molecule has 0 heterocycles. The smallest absolute Gasteiger partial charge is 0.323 e. The number of ether oxygens (including phenoxy) is 2. The Bertz CT molecular complexity index is 1230. The standard InChI is InChI=1S/C22H27N5O8S/c1-34-17-8-7-15(11-18(17)35-2)36(32,33)27-16(22(30)31)12-26-19(28)9-10-25-21(29)14-5-3-13(4-6-14)20(23)24/h3-8,11,16,27H,9-10,12H2,1-2H3,(H3,23,24)(H,25,29)(H,26,28)(H,30,31)/t16-/m0/s1. The lowest BCUT2D eigenvalue weighted by Gasteiger charge is -2.16. The number of carbonyl (C=O) groups excluding carboxylic acids is 2. The van der Waals surface area contributed by atoms with Crippen LogP contribution in [0.3, 0.4) is 0 Å². The van der Waals surface area contributed by atoms with Crippen molar-refractivity contribution in [2.75, 3.05) is 27.3 Å². The van der Waals surface area contributed by atoms with Crippen LogP contribution in [-0.2, 0) is 19.6 Å². The fourth-order valence-corrected chi connectivity index (χ4v) is 4.12. The van der Waals surface area contributed by atoms with Gasteiger partial charge in [0.25, 0.3) is 5.91 Å². The first-order chi connectivity index (χ1) is 17.0. The van der Waals surface area contributed by atoms with Crippen LogP contribution in [-0.4, -0.2) is 70.5 Å². The number of amidine groups is 1. The van der Waals surface area contributed by atoms with Crippen LogP contribution >= 0.6 is 0 Å². The van der Waals surface area contributed by atoms with Crippen molar-refractivity contribution >= 4 is 33.6 Å². The van der Waals surface area contributed by atoms with Crippen molar-refractivity contribution in [3.8, 4) is 11.5 Å². The molecule has 2 aromatic carbocycles. The lowest BCUT2D eigenvalue weighted by atomic mass is 10.1. The first kappa shape index (κ1) is 28.1. The van der Waals surface area contributed by atoms with Crippen LogP contribution in [0.4, 0.5) is 0 Å². The second kappa shape index (κ2) is 12.5. The second-order valence-electron chi connectivity index (χ2n) is 7.33. The Balaban J connectivity index is 1.90. The molecular weight excluding hydrogens is 494 g/mol. The minimum atomic E-state index is -4.27. The number of nitrogens with one attached hydrogen (secondary N) is 4. The lowest BCUT2D eigenvalue weighted by Crippen LogP contribution is -2.48. The minimum absolute atomic E-state index is 0.0474. The number of hydrogen-bond acceptors (Lipinski definition) is 8. The first-order valence-electron chi connectivity index (χ1n) is 10.4. The van der Waals surface area contributed by atoms with Crippen molar-refractivity contribution in [3.63, 3.8) is 0 Å². The van der Waals surface area contributed by atoms with Gasteiger partial charge in [-0.2, -0.15) is 4.72 Å². The highest BCUT2D eigenvalue weighted by atomic mass is 32.2. The van der Waals surface area contributed by atoms with E-state index in [1.807, 2.05) is 4.72 Å². The van der Waals surface area contributed by atoms with Crippen LogP contribution in [0, 0.1) is 5.41 Å². The summed E-state index contributed by atoms with van der Waals surface area (Å²) in [5, 5.41) is 21.6. The number of nitrogen functional groups attached to an aromatic ring is 1. The quantitative estimate of drug-likeness (QED) is 0.150. The van der Waals surface area contributed by atoms with Gasteiger partial charge >= 0.3 is 5.97 Å². The summed E-state index contributed by atoms with van der Waals surface area (Å²) in [5.74, 6) is -2.26. The van der Waals surface area contributed by atoms with Crippen LogP contribution in [0.5, 0.6) is 11.5 Å². The Morgan fingerprint density at radius 1 is 1.00 bits per heavy atom. The normalized spacial score (nSPS) is 11.7. The molecule has 14 heteroatoms. The van der Waals surface area contributed by atoms with E-state index in [1.165, 1.54) is 56.7 Å². The monoisotopic (exact) mass is 521 g/mol. The van der Waals surface area contributed by atoms with Crippen molar-refractivity contribution in [2.45, 2.75) is 17.4 Å². The molecule has 13 nitrogen and oxygen atoms in total. The van der Waals surface area contributed by atoms with E-state index >= 15 is 0 Å². The predicted octanol–water partition coefficient (Wildman–Crippen LogP) is -0.344. The number of carboxylic acid groups (broad SMARTS) is 1. The summed E-state index contributed by atoms with van der Waals surface area (Å²) in [6.45, 7) is -0.574. The van der Waals surface area contributed by atoms with Gasteiger partial charge in [-0.05, 0) is 24.3 Å². The van der Waals surface area contributed by atoms with Crippen LogP contribution < -0.4 is 30.6 Å². The minimum Gasteiger partial charge on any atom is -0.493 e. The van der Waals surface area contributed by atoms with Gasteiger partial charge in [-0.25, -0.2) is 8.42 Å². The van der Waals surface area contributed by atoms with Crippen molar-refractivity contribution in [1.29, 1.82) is 5.41 Å². The molecule has 0 unspecified atom stereocenters. The molecule has 0 bridgehead atoms. The molecule has 0 spiro atoms. The molecule has 2 rings (SSSR count). The molecular formula is C22H27N5O8S. The van der Waals surface area contributed by atoms with Gasteiger partial charge in [0.2, 0.25) is 15.9 Å². The number of amides is 2. The molecule has 0 saturated carbocycles. The number of rotatable bonds is 13. The van der Waals surface area contributed by atoms with E-state index in [1.54, 1.807) is 0 Å². The van der Waals surface area contributed by atoms with Crippen molar-refractivity contribution in [3.05, 3.63) is 53.6 Å². The van der Waals surface area contributed by atoms with E-state index in [2.05, 4.69) is 10.6 Å². The van der Waals surface area contributed by atoms with E-state index in [0.29, 0.717) is 16.9 Å². The maximum Gasteiger partial charge on any atom is 0.323 e. The molecule has 1 atom stereocenters. The van der Waals surface area contributed by atoms with Gasteiger partial charge in [0, 0.05) is 36.7 Å². The maximum atomic E-state index is 12.6. The molecule has 36 heavy (non-hydrogen) atoms. The van der Waals surface area contributed by atoms with E-state index < -0.39 is 40.4 Å². The van der Waals surface area contributed by atoms with Gasteiger partial charge in [-0.1, -0.05) is 12.1 Å². The van der Waals surface area contributed by atoms with E-state index in [4.69, 9.17) is 20.6 Å². The molecule has 0 fully saturated rings. The molecule has 0 aliphatic carbocycles. The molecule has 2 amide bonds. The summed E-state index contributed by atoms with van der Waals surface area (Å²) in [7, 11) is -1.57. The Hall–Kier alpha value is -4.17. The number of sulfonamides is 1. The van der Waals surface area contributed by atoms with E-state index in [9.17, 15) is 27.9 Å². The van der Waals surface area contributed by atoms with Crippen molar-refractivity contribution in [2.24, 2.45) is 5.73 Å². The Morgan fingerprint density at radius 3 is 2.17 bits per heavy atom. The van der Waals surface area contributed by atoms with Gasteiger partial charge in [0.1, 0.15) is 11.9 Å². The Labute approximate surface area is 207 Å². The van der Waals surface area contributed by atoms with Gasteiger partial charge in [0.05, 0.1) is 19.1 Å². The highest BCUT2D eigenvalue weighted by molar-refractivity contribution is 7.89. The molecule has 0 radical (unpaired) electrons. The van der Waals surface area contributed by atoms with E-state index in [-0.39, 0.29) is 29.4 Å². The van der Waals surface area contributed by atoms with Crippen LogP contribution in [0.25, 0.3) is 0 Å². The van der Waals surface area contributed by atoms with Gasteiger partial charge < -0.3 is 30.9 Å². The predicted molar refractivity (Wildman–Crippen MR) is 129 cm³/mol. The fraction of sp³-hybridized carbons (Fsp3) is 0.273. The Kier molecular flexibility index (Phi) is 9.75. The first-order valence-corrected chi connectivity index (χ1v) is 11.9. The summed E-state index contributed by atoms with van der Waals surface area (Å²) in [6, 6.07) is 8.09. The third kappa shape index (κ3) is 7.68. The molecule has 0 saturated heterocycles. The molecule has 0 aromatic heterocycles. The van der Waals surface area contributed by atoms with Crippen molar-refractivity contribution < 1.29 is 37.4 Å². The summed E-state index contributed by atoms with van der Waals surface area (Å²) in [4.78, 5) is 35.6. The number of methoxy groups -OCH3 is 2. The second-order valence-corrected chi connectivity index (χ2v) is 9.04. The Morgan fingerprint density at radius 2 is 1.61 bits per heavy atom. The molecule has 2 aromatic rings. The third-order valence-electron chi connectivity index (χ3n) is 4.86. The lowest BCUT2D eigenvalue weighted by molar-refractivity contribution is -0.138. The summed E-state index contributed by atoms with van der Waals surface area (Å²) in [6.07, 6.45) is -0.175. The van der Waals surface area contributed by atoms with Crippen LogP contribution in [0.1, 0.15) is 22.3 Å².